The minimum atomic E-state index is -0.750. The second-order valence-electron chi connectivity index (χ2n) is 17.3. The van der Waals surface area contributed by atoms with Crippen molar-refractivity contribution in [2.45, 2.75) is 108 Å². The maximum atomic E-state index is 14.5. The van der Waals surface area contributed by atoms with Crippen molar-refractivity contribution >= 4 is 49.6 Å². The standard InChI is InChI=1S/C49H62N2O10S2/c1-28(55)24-51-47-33(26-54)21-41(40-19-29(25-53)5-13-37(40)47)49(50-17-3-4-18-52)61-43-23-35(57)12-7-31-9-15-42(59)48(60-2)45(31)38-14-8-30-6-11-34(56)22-39(30)46(38)44-16-10-32(43)20-36(58)27-62-63-44/h6,8-9,11,14-15,21-22,29,32,36,43-44,49-54,56,58-59H,3-5,7,10,12-13,16-20,23-27H2,1-2H3/t29-,32-,36+,43+,44+,49+/m1/s1. The maximum absolute atomic E-state index is 14.5. The predicted molar refractivity (Wildman–Crippen MR) is 249 cm³/mol. The van der Waals surface area contributed by atoms with Gasteiger partial charge in [-0.05, 0) is 152 Å². The minimum Gasteiger partial charge on any atom is -0.508 e. The summed E-state index contributed by atoms with van der Waals surface area (Å²) in [6.07, 6.45) is 3.37. The average molecular weight is 903 g/mol. The van der Waals surface area contributed by atoms with Crippen LogP contribution >= 0.6 is 21.6 Å². The molecule has 1 aliphatic heterocycles. The van der Waals surface area contributed by atoms with Crippen LogP contribution in [-0.4, -0.2) is 93.6 Å². The van der Waals surface area contributed by atoms with Crippen LogP contribution in [0.3, 0.4) is 0 Å². The average Bonchev–Trinajstić information content (AvgIpc) is 3.37. The first-order valence-electron chi connectivity index (χ1n) is 22.3. The molecule has 2 bridgehead atoms. The molecule has 14 heteroatoms. The molecule has 1 heterocycles. The number of carbonyl (C=O) groups is 2. The van der Waals surface area contributed by atoms with Gasteiger partial charge in [-0.1, -0.05) is 45.9 Å². The number of aryl methyl sites for hydroxylation is 1. The summed E-state index contributed by atoms with van der Waals surface area (Å²) in [5, 5.41) is 73.1. The Hall–Kier alpha value is -3.86. The van der Waals surface area contributed by atoms with Gasteiger partial charge in [0.1, 0.15) is 23.5 Å². The number of phenolic OH excluding ortho intramolecular Hbond substituents is 2. The van der Waals surface area contributed by atoms with Gasteiger partial charge in [-0.2, -0.15) is 0 Å². The maximum Gasteiger partial charge on any atom is 0.168 e. The molecule has 12 nitrogen and oxygen atoms in total. The molecular formula is C49H62N2O10S2. The lowest BCUT2D eigenvalue weighted by atomic mass is 9.79. The number of aromatic hydroxyl groups is 2. The Morgan fingerprint density at radius 3 is 2.54 bits per heavy atom. The molecule has 2 aliphatic carbocycles. The molecule has 1 fully saturated rings. The van der Waals surface area contributed by atoms with E-state index in [1.54, 1.807) is 39.8 Å². The second kappa shape index (κ2) is 21.9. The Morgan fingerprint density at radius 1 is 0.952 bits per heavy atom. The smallest absolute Gasteiger partial charge is 0.168 e. The fraction of sp³-hybridized carbons (Fsp3) is 0.510. The van der Waals surface area contributed by atoms with Gasteiger partial charge >= 0.3 is 0 Å². The summed E-state index contributed by atoms with van der Waals surface area (Å²) in [6, 6.07) is 14.8. The molecule has 1 saturated heterocycles. The van der Waals surface area contributed by atoms with Gasteiger partial charge < -0.3 is 45.4 Å². The number of phenols is 2. The van der Waals surface area contributed by atoms with Crippen molar-refractivity contribution in [2.75, 3.05) is 44.5 Å². The van der Waals surface area contributed by atoms with Gasteiger partial charge in [-0.25, -0.2) is 0 Å². The van der Waals surface area contributed by atoms with Crippen molar-refractivity contribution in [3.63, 3.8) is 0 Å². The van der Waals surface area contributed by atoms with Gasteiger partial charge in [0.05, 0.1) is 32.5 Å². The first kappa shape index (κ1) is 47.1. The van der Waals surface area contributed by atoms with Crippen molar-refractivity contribution in [1.29, 1.82) is 0 Å². The molecule has 0 aromatic heterocycles. The third-order valence-corrected chi connectivity index (χ3v) is 15.8. The molecule has 340 valence electrons. The van der Waals surface area contributed by atoms with E-state index in [4.69, 9.17) is 9.47 Å². The number of unbranched alkanes of at least 4 members (excludes halogenated alkanes) is 1. The summed E-state index contributed by atoms with van der Waals surface area (Å²) in [4.78, 5) is 26.6. The molecule has 7 rings (SSSR count). The lowest BCUT2D eigenvalue weighted by molar-refractivity contribution is -0.127. The van der Waals surface area contributed by atoms with Crippen LogP contribution in [0.4, 0.5) is 5.69 Å². The SMILES string of the molecule is COc1c(O)ccc2c1-c1ccc3ccc(O)cc3c1[C@@H]1CC[C@H](C[C@H](O)CSS1)[C@@H](O[C@H](NCCCCO)c1cc(CO)c(NCC(C)=O)c3c1C[C@H](CO)CC3)CC(=O)CC2. The molecule has 63 heavy (non-hydrogen) atoms. The number of ketones is 2. The molecule has 0 radical (unpaired) electrons. The van der Waals surface area contributed by atoms with E-state index in [1.807, 2.05) is 30.3 Å². The number of methoxy groups -OCH3 is 1. The van der Waals surface area contributed by atoms with Crippen LogP contribution in [0, 0.1) is 11.8 Å². The van der Waals surface area contributed by atoms with Gasteiger partial charge in [0, 0.05) is 53.9 Å². The van der Waals surface area contributed by atoms with E-state index in [1.165, 1.54) is 14.0 Å². The van der Waals surface area contributed by atoms with E-state index < -0.39 is 18.4 Å². The van der Waals surface area contributed by atoms with Crippen molar-refractivity contribution in [2.24, 2.45) is 11.8 Å². The molecule has 6 atom stereocenters. The van der Waals surface area contributed by atoms with Crippen LogP contribution in [0.1, 0.15) is 103 Å². The number of Topliss-reactive ketones (excluding diaryl/α,β-unsaturated/α-hetero) is 2. The molecule has 0 spiro atoms. The molecule has 4 aromatic rings. The first-order valence-corrected chi connectivity index (χ1v) is 24.7. The van der Waals surface area contributed by atoms with E-state index in [2.05, 4.69) is 10.6 Å². The van der Waals surface area contributed by atoms with Gasteiger partial charge in [0.15, 0.2) is 11.5 Å². The number of aliphatic hydroxyl groups excluding tert-OH is 4. The Morgan fingerprint density at radius 2 is 1.78 bits per heavy atom. The highest BCUT2D eigenvalue weighted by Gasteiger charge is 2.36. The zero-order valence-electron chi connectivity index (χ0n) is 36.2. The summed E-state index contributed by atoms with van der Waals surface area (Å²) in [5.41, 5.74) is 7.48. The third kappa shape index (κ3) is 11.0. The first-order chi connectivity index (χ1) is 30.5. The molecule has 0 saturated carbocycles. The monoisotopic (exact) mass is 902 g/mol. The number of benzene rings is 4. The van der Waals surface area contributed by atoms with Crippen LogP contribution in [0.15, 0.2) is 48.5 Å². The van der Waals surface area contributed by atoms with E-state index in [0.29, 0.717) is 80.5 Å². The predicted octanol–water partition coefficient (Wildman–Crippen LogP) is 7.45. The number of aliphatic hydroxyl groups is 4. The van der Waals surface area contributed by atoms with Gasteiger partial charge in [-0.3, -0.25) is 14.9 Å². The summed E-state index contributed by atoms with van der Waals surface area (Å²) in [6.45, 7) is 1.87. The van der Waals surface area contributed by atoms with E-state index in [-0.39, 0.29) is 79.4 Å². The van der Waals surface area contributed by atoms with E-state index in [0.717, 1.165) is 56.3 Å². The van der Waals surface area contributed by atoms with Crippen LogP contribution < -0.4 is 15.4 Å². The van der Waals surface area contributed by atoms with Crippen LogP contribution in [0.2, 0.25) is 0 Å². The highest BCUT2D eigenvalue weighted by Crippen LogP contribution is 2.53. The molecule has 4 aromatic carbocycles. The van der Waals surface area contributed by atoms with E-state index in [9.17, 15) is 40.2 Å². The van der Waals surface area contributed by atoms with Crippen molar-refractivity contribution < 1.29 is 49.7 Å². The van der Waals surface area contributed by atoms with Crippen LogP contribution in [-0.2, 0) is 40.2 Å². The number of fused-ring (bicyclic) bond motifs is 10. The topological polar surface area (TPSA) is 198 Å². The Labute approximate surface area is 377 Å². The lowest BCUT2D eigenvalue weighted by Crippen LogP contribution is -2.37. The quantitative estimate of drug-likeness (QED) is 0.0353. The largest absolute Gasteiger partial charge is 0.508 e. The molecule has 0 unspecified atom stereocenters. The second-order valence-corrected chi connectivity index (χ2v) is 19.9. The Kier molecular flexibility index (Phi) is 16.4. The Balaban J connectivity index is 1.36. The molecule has 3 aliphatic rings. The zero-order chi connectivity index (χ0) is 44.6. The number of rotatable bonds is 14. The highest BCUT2D eigenvalue weighted by molar-refractivity contribution is 8.76. The van der Waals surface area contributed by atoms with Gasteiger partial charge in [0.2, 0.25) is 0 Å². The van der Waals surface area contributed by atoms with Gasteiger partial charge in [0.25, 0.3) is 0 Å². The number of carbonyl (C=O) groups excluding carboxylic acids is 2. The molecule has 0 amide bonds. The summed E-state index contributed by atoms with van der Waals surface area (Å²) in [5.74, 6) is 0.565. The van der Waals surface area contributed by atoms with Crippen molar-refractivity contribution in [3.8, 4) is 28.4 Å². The van der Waals surface area contributed by atoms with Crippen LogP contribution in [0.25, 0.3) is 21.9 Å². The number of nitrogens with one attached hydrogen (secondary N) is 2. The third-order valence-electron chi connectivity index (χ3n) is 12.9. The lowest BCUT2D eigenvalue weighted by Gasteiger charge is -2.36. The fourth-order valence-electron chi connectivity index (χ4n) is 9.77. The normalized spacial score (nSPS) is 22.3. The Bertz CT molecular complexity index is 2250. The number of hydrogen-bond acceptors (Lipinski definition) is 14. The number of ether oxygens (including phenoxy) is 2. The van der Waals surface area contributed by atoms with Crippen LogP contribution in [0.5, 0.6) is 17.2 Å². The minimum absolute atomic E-state index is 0.000465. The molecule has 8 N–H and O–H groups in total. The van der Waals surface area contributed by atoms with Crippen molar-refractivity contribution in [3.05, 3.63) is 81.9 Å². The highest BCUT2D eigenvalue weighted by atomic mass is 33.1. The molecular weight excluding hydrogens is 841 g/mol. The number of anilines is 1. The number of hydrogen-bond donors (Lipinski definition) is 8. The fourth-order valence-corrected chi connectivity index (χ4v) is 12.7. The van der Waals surface area contributed by atoms with E-state index >= 15 is 0 Å². The zero-order valence-corrected chi connectivity index (χ0v) is 37.9. The summed E-state index contributed by atoms with van der Waals surface area (Å²) >= 11 is 0. The van der Waals surface area contributed by atoms with Crippen molar-refractivity contribution in [1.82, 2.24) is 5.32 Å². The summed E-state index contributed by atoms with van der Waals surface area (Å²) < 4.78 is 13.2. The van der Waals surface area contributed by atoms with Gasteiger partial charge in [-0.15, -0.1) is 0 Å². The summed E-state index contributed by atoms with van der Waals surface area (Å²) in [7, 11) is 4.81.